The topological polar surface area (TPSA) is 52.4 Å². The average Bonchev–Trinajstić information content (AvgIpc) is 2.45. The van der Waals surface area contributed by atoms with Crippen LogP contribution in [0.25, 0.3) is 0 Å². The highest BCUT2D eigenvalue weighted by atomic mass is 16.5. The minimum absolute atomic E-state index is 0.350. The molecule has 3 heteroatoms. The Kier molecular flexibility index (Phi) is 22.5. The maximum Gasteiger partial charge on any atom is 0.133 e. The van der Waals surface area contributed by atoms with E-state index in [-0.39, 0.29) is 0 Å². The first-order valence-corrected chi connectivity index (χ1v) is 6.56. The molecule has 0 fully saturated rings. The summed E-state index contributed by atoms with van der Waals surface area (Å²) < 4.78 is 5.27. The Morgan fingerprint density at radius 1 is 1.06 bits per heavy atom. The molecule has 1 rings (SSSR count). The summed E-state index contributed by atoms with van der Waals surface area (Å²) in [5.74, 6) is 0.807. The molecule has 108 valence electrons. The standard InChI is InChI=1S/C10H14O2.2C2H6.CH4O/c1-8-3-5-10(6-4-8)12-7-9(2)11;3*1-2/h3-6,9,11H,7H2,1-2H3;2*1-2H3;2H,1H3/p+1. The van der Waals surface area contributed by atoms with Crippen LogP contribution >= 0.6 is 0 Å². The van der Waals surface area contributed by atoms with Gasteiger partial charge in [0.05, 0.1) is 6.10 Å². The summed E-state index contributed by atoms with van der Waals surface area (Å²) >= 11 is 0. The summed E-state index contributed by atoms with van der Waals surface area (Å²) in [4.78, 5) is 0. The Balaban J connectivity index is -0.000000328. The van der Waals surface area contributed by atoms with Crippen molar-refractivity contribution in [2.24, 2.45) is 0 Å². The molecule has 1 atom stereocenters. The van der Waals surface area contributed by atoms with Crippen LogP contribution in [-0.4, -0.2) is 30.0 Å². The first-order chi connectivity index (χ1) is 8.68. The van der Waals surface area contributed by atoms with Gasteiger partial charge < -0.3 is 14.9 Å². The molecule has 0 aliphatic rings. The molecule has 1 unspecified atom stereocenters. The van der Waals surface area contributed by atoms with E-state index in [0.717, 1.165) is 5.75 Å². The van der Waals surface area contributed by atoms with Crippen LogP contribution in [0.5, 0.6) is 5.75 Å². The van der Waals surface area contributed by atoms with Crippen LogP contribution in [0.2, 0.25) is 0 Å². The minimum atomic E-state index is -0.411. The Morgan fingerprint density at radius 2 is 1.44 bits per heavy atom. The second-order valence-electron chi connectivity index (χ2n) is 2.97. The summed E-state index contributed by atoms with van der Waals surface area (Å²) in [7, 11) is 1.25. The number of aryl methyl sites for hydroxylation is 1. The van der Waals surface area contributed by atoms with E-state index in [4.69, 9.17) is 14.9 Å². The molecule has 0 bridgehead atoms. The van der Waals surface area contributed by atoms with Gasteiger partial charge in [0, 0.05) is 0 Å². The van der Waals surface area contributed by atoms with Crippen molar-refractivity contribution in [3.8, 4) is 5.75 Å². The molecule has 3 N–H and O–H groups in total. The molecule has 0 heterocycles. The maximum atomic E-state index is 8.94. The first-order valence-electron chi connectivity index (χ1n) is 6.56. The molecule has 0 saturated heterocycles. The van der Waals surface area contributed by atoms with Crippen LogP contribution in [0.15, 0.2) is 24.3 Å². The molecule has 3 nitrogen and oxygen atoms in total. The van der Waals surface area contributed by atoms with E-state index < -0.39 is 6.10 Å². The van der Waals surface area contributed by atoms with Gasteiger partial charge in [0.2, 0.25) is 0 Å². The van der Waals surface area contributed by atoms with Crippen LogP contribution in [0.4, 0.5) is 0 Å². The van der Waals surface area contributed by atoms with E-state index >= 15 is 0 Å². The zero-order valence-electron chi connectivity index (χ0n) is 12.9. The van der Waals surface area contributed by atoms with Gasteiger partial charge in [0.1, 0.15) is 19.5 Å². The van der Waals surface area contributed by atoms with Gasteiger partial charge in [-0.25, -0.2) is 0 Å². The fraction of sp³-hybridized carbons (Fsp3) is 0.600. The van der Waals surface area contributed by atoms with Crippen molar-refractivity contribution in [3.63, 3.8) is 0 Å². The van der Waals surface area contributed by atoms with E-state index in [0.29, 0.717) is 6.61 Å². The summed E-state index contributed by atoms with van der Waals surface area (Å²) in [5, 5.41) is 14.7. The molecule has 18 heavy (non-hydrogen) atoms. The lowest BCUT2D eigenvalue weighted by Gasteiger charge is -2.07. The van der Waals surface area contributed by atoms with E-state index in [9.17, 15) is 0 Å². The maximum absolute atomic E-state index is 8.94. The fourth-order valence-electron chi connectivity index (χ4n) is 0.851. The van der Waals surface area contributed by atoms with Crippen LogP contribution in [0.1, 0.15) is 40.2 Å². The highest BCUT2D eigenvalue weighted by molar-refractivity contribution is 5.26. The lowest BCUT2D eigenvalue weighted by Crippen LogP contribution is -2.12. The van der Waals surface area contributed by atoms with Crippen molar-refractivity contribution >= 4 is 0 Å². The molecule has 0 saturated carbocycles. The Bertz CT molecular complexity index is 230. The average molecular weight is 259 g/mol. The lowest BCUT2D eigenvalue weighted by molar-refractivity contribution is 0.122. The van der Waals surface area contributed by atoms with Crippen LogP contribution in [-0.2, 0) is 0 Å². The fourth-order valence-corrected chi connectivity index (χ4v) is 0.851. The van der Waals surface area contributed by atoms with Crippen molar-refractivity contribution in [1.29, 1.82) is 0 Å². The van der Waals surface area contributed by atoms with Crippen molar-refractivity contribution in [3.05, 3.63) is 29.8 Å². The zero-order valence-corrected chi connectivity index (χ0v) is 12.9. The van der Waals surface area contributed by atoms with Crippen molar-refractivity contribution < 1.29 is 14.9 Å². The predicted octanol–water partition coefficient (Wildman–Crippen LogP) is 3.15. The van der Waals surface area contributed by atoms with Crippen molar-refractivity contribution in [2.45, 2.75) is 47.6 Å². The molecule has 0 aromatic heterocycles. The second kappa shape index (κ2) is 18.3. The number of aliphatic hydroxyl groups is 1. The molecule has 1 aromatic carbocycles. The SMILES string of the molecule is CC.CC.C[OH2+].Cc1ccc(OCC(C)O)cc1. The number of aliphatic hydroxyl groups excluding tert-OH is 1. The summed E-state index contributed by atoms with van der Waals surface area (Å²) in [6.45, 7) is 12.1. The Labute approximate surface area is 112 Å². The number of benzene rings is 1. The third-order valence-corrected chi connectivity index (χ3v) is 1.51. The summed E-state index contributed by atoms with van der Waals surface area (Å²) in [6, 6.07) is 7.77. The highest BCUT2D eigenvalue weighted by Crippen LogP contribution is 2.11. The molecule has 0 spiro atoms. The summed E-state index contributed by atoms with van der Waals surface area (Å²) in [6.07, 6.45) is -0.411. The first kappa shape index (κ1) is 22.1. The minimum Gasteiger partial charge on any atom is -0.491 e. The monoisotopic (exact) mass is 259 g/mol. The van der Waals surface area contributed by atoms with Crippen LogP contribution in [0, 0.1) is 6.92 Å². The quantitative estimate of drug-likeness (QED) is 0.848. The molecule has 0 aliphatic carbocycles. The van der Waals surface area contributed by atoms with Gasteiger partial charge in [-0.2, -0.15) is 0 Å². The largest absolute Gasteiger partial charge is 0.491 e. The van der Waals surface area contributed by atoms with Gasteiger partial charge in [0.25, 0.3) is 0 Å². The molecule has 1 aromatic rings. The van der Waals surface area contributed by atoms with Crippen molar-refractivity contribution in [1.82, 2.24) is 0 Å². The molecular formula is C15H31O3+. The second-order valence-corrected chi connectivity index (χ2v) is 2.97. The third-order valence-electron chi connectivity index (χ3n) is 1.51. The molecule has 0 aliphatic heterocycles. The number of hydrogen-bond donors (Lipinski definition) is 1. The third kappa shape index (κ3) is 14.9. The van der Waals surface area contributed by atoms with Gasteiger partial charge in [-0.15, -0.1) is 0 Å². The summed E-state index contributed by atoms with van der Waals surface area (Å²) in [5.41, 5.74) is 1.21. The normalized spacial score (nSPS) is 9.39. The van der Waals surface area contributed by atoms with Gasteiger partial charge in [-0.05, 0) is 26.0 Å². The Hall–Kier alpha value is -1.06. The van der Waals surface area contributed by atoms with E-state index in [2.05, 4.69) is 0 Å². The van der Waals surface area contributed by atoms with Gasteiger partial charge >= 0.3 is 0 Å². The van der Waals surface area contributed by atoms with Crippen LogP contribution < -0.4 is 4.74 Å². The number of ether oxygens (including phenoxy) is 1. The van der Waals surface area contributed by atoms with Crippen LogP contribution in [0.3, 0.4) is 0 Å². The van der Waals surface area contributed by atoms with Crippen molar-refractivity contribution in [2.75, 3.05) is 13.7 Å². The van der Waals surface area contributed by atoms with Gasteiger partial charge in [-0.3, -0.25) is 0 Å². The number of rotatable bonds is 3. The van der Waals surface area contributed by atoms with E-state index in [1.807, 2.05) is 58.9 Å². The zero-order chi connectivity index (χ0) is 15.0. The van der Waals surface area contributed by atoms with Gasteiger partial charge in [-0.1, -0.05) is 45.4 Å². The number of hydrogen-bond acceptors (Lipinski definition) is 2. The molecular weight excluding hydrogens is 228 g/mol. The van der Waals surface area contributed by atoms with E-state index in [1.54, 1.807) is 6.92 Å². The lowest BCUT2D eigenvalue weighted by atomic mass is 10.2. The smallest absolute Gasteiger partial charge is 0.133 e. The van der Waals surface area contributed by atoms with Gasteiger partial charge in [0.15, 0.2) is 0 Å². The Morgan fingerprint density at radius 3 is 1.78 bits per heavy atom. The molecule has 0 amide bonds. The molecule has 0 radical (unpaired) electrons. The highest BCUT2D eigenvalue weighted by Gasteiger charge is 1.96. The van der Waals surface area contributed by atoms with E-state index in [1.165, 1.54) is 12.7 Å². The predicted molar refractivity (Wildman–Crippen MR) is 80.6 cm³/mol.